The summed E-state index contributed by atoms with van der Waals surface area (Å²) < 4.78 is 10.3. The zero-order valence-corrected chi connectivity index (χ0v) is 14.0. The number of amides is 1. The standard InChI is InChI=1S/C19H14ClNO4/c1-24-19(23)14-11-13(20)7-8-15(14)21-18(22)17-10-9-16(25-17)12-5-3-2-4-6-12/h2-11H,1H3,(H,21,22). The van der Waals surface area contributed by atoms with Crippen LogP contribution in [0.5, 0.6) is 0 Å². The van der Waals surface area contributed by atoms with Gasteiger partial charge >= 0.3 is 5.97 Å². The molecule has 25 heavy (non-hydrogen) atoms. The molecule has 3 rings (SSSR count). The summed E-state index contributed by atoms with van der Waals surface area (Å²) in [6.07, 6.45) is 0. The summed E-state index contributed by atoms with van der Waals surface area (Å²) in [5.41, 5.74) is 1.32. The van der Waals surface area contributed by atoms with Gasteiger partial charge in [-0.2, -0.15) is 0 Å². The third kappa shape index (κ3) is 3.72. The molecule has 0 aliphatic carbocycles. The normalized spacial score (nSPS) is 10.3. The quantitative estimate of drug-likeness (QED) is 0.692. The van der Waals surface area contributed by atoms with Crippen LogP contribution in [0.3, 0.4) is 0 Å². The van der Waals surface area contributed by atoms with Crippen molar-refractivity contribution in [3.63, 3.8) is 0 Å². The van der Waals surface area contributed by atoms with Gasteiger partial charge in [0.25, 0.3) is 5.91 Å². The van der Waals surface area contributed by atoms with E-state index in [0.29, 0.717) is 16.5 Å². The maximum absolute atomic E-state index is 12.4. The van der Waals surface area contributed by atoms with Crippen LogP contribution < -0.4 is 5.32 Å². The van der Waals surface area contributed by atoms with Crippen molar-refractivity contribution in [2.45, 2.75) is 0 Å². The number of methoxy groups -OCH3 is 1. The van der Waals surface area contributed by atoms with Gasteiger partial charge < -0.3 is 14.5 Å². The number of anilines is 1. The second-order valence-electron chi connectivity index (χ2n) is 5.17. The van der Waals surface area contributed by atoms with Gasteiger partial charge in [-0.15, -0.1) is 0 Å². The van der Waals surface area contributed by atoms with E-state index in [1.54, 1.807) is 18.2 Å². The molecule has 1 amide bonds. The molecule has 126 valence electrons. The Labute approximate surface area is 149 Å². The van der Waals surface area contributed by atoms with Crippen LogP contribution in [0.4, 0.5) is 5.69 Å². The van der Waals surface area contributed by atoms with Crippen LogP contribution in [0.25, 0.3) is 11.3 Å². The molecule has 0 aliphatic heterocycles. The fraction of sp³-hybridized carbons (Fsp3) is 0.0526. The molecule has 1 aromatic heterocycles. The summed E-state index contributed by atoms with van der Waals surface area (Å²) in [4.78, 5) is 24.3. The Balaban J connectivity index is 1.84. The summed E-state index contributed by atoms with van der Waals surface area (Å²) in [6, 6.07) is 17.3. The van der Waals surface area contributed by atoms with Crippen molar-refractivity contribution in [2.75, 3.05) is 12.4 Å². The van der Waals surface area contributed by atoms with E-state index in [4.69, 9.17) is 20.8 Å². The number of rotatable bonds is 4. The summed E-state index contributed by atoms with van der Waals surface area (Å²) in [7, 11) is 1.26. The average Bonchev–Trinajstić information content (AvgIpc) is 3.13. The van der Waals surface area contributed by atoms with E-state index in [0.717, 1.165) is 5.56 Å². The highest BCUT2D eigenvalue weighted by molar-refractivity contribution is 6.31. The second kappa shape index (κ2) is 7.23. The van der Waals surface area contributed by atoms with Crippen molar-refractivity contribution < 1.29 is 18.7 Å². The number of nitrogens with one attached hydrogen (secondary N) is 1. The largest absolute Gasteiger partial charge is 0.465 e. The first kappa shape index (κ1) is 16.8. The van der Waals surface area contributed by atoms with E-state index in [-0.39, 0.29) is 11.3 Å². The molecule has 0 atom stereocenters. The maximum atomic E-state index is 12.4. The molecule has 0 radical (unpaired) electrons. The number of esters is 1. The van der Waals surface area contributed by atoms with Crippen molar-refractivity contribution in [1.29, 1.82) is 0 Å². The maximum Gasteiger partial charge on any atom is 0.340 e. The van der Waals surface area contributed by atoms with E-state index >= 15 is 0 Å². The summed E-state index contributed by atoms with van der Waals surface area (Å²) >= 11 is 5.90. The first-order chi connectivity index (χ1) is 12.1. The molecule has 5 nitrogen and oxygen atoms in total. The number of halogens is 1. The first-order valence-electron chi connectivity index (χ1n) is 7.43. The molecule has 0 unspecified atom stereocenters. The second-order valence-corrected chi connectivity index (χ2v) is 5.60. The van der Waals surface area contributed by atoms with Gasteiger partial charge in [-0.25, -0.2) is 4.79 Å². The fourth-order valence-corrected chi connectivity index (χ4v) is 2.48. The Morgan fingerprint density at radius 2 is 1.80 bits per heavy atom. The summed E-state index contributed by atoms with van der Waals surface area (Å²) in [5.74, 6) is -0.364. The van der Waals surface area contributed by atoms with Gasteiger partial charge in [-0.1, -0.05) is 41.9 Å². The van der Waals surface area contributed by atoms with Crippen molar-refractivity contribution >= 4 is 29.2 Å². The van der Waals surface area contributed by atoms with E-state index < -0.39 is 11.9 Å². The predicted molar refractivity (Wildman–Crippen MR) is 94.9 cm³/mol. The predicted octanol–water partition coefficient (Wildman–Crippen LogP) is 4.64. The van der Waals surface area contributed by atoms with Crippen molar-refractivity contribution in [3.05, 3.63) is 77.0 Å². The lowest BCUT2D eigenvalue weighted by molar-refractivity contribution is 0.0602. The topological polar surface area (TPSA) is 68.5 Å². The molecule has 0 fully saturated rings. The van der Waals surface area contributed by atoms with Crippen molar-refractivity contribution in [3.8, 4) is 11.3 Å². The molecule has 1 N–H and O–H groups in total. The molecule has 0 saturated carbocycles. The van der Waals surface area contributed by atoms with E-state index in [1.807, 2.05) is 30.3 Å². The summed E-state index contributed by atoms with van der Waals surface area (Å²) in [6.45, 7) is 0. The van der Waals surface area contributed by atoms with E-state index in [2.05, 4.69) is 5.32 Å². The van der Waals surface area contributed by atoms with Crippen LogP contribution in [-0.2, 0) is 4.74 Å². The number of benzene rings is 2. The number of ether oxygens (including phenoxy) is 1. The van der Waals surface area contributed by atoms with E-state index in [9.17, 15) is 9.59 Å². The third-order valence-corrected chi connectivity index (χ3v) is 3.76. The lowest BCUT2D eigenvalue weighted by Gasteiger charge is -2.09. The van der Waals surface area contributed by atoms with Gasteiger partial charge in [0.15, 0.2) is 5.76 Å². The van der Waals surface area contributed by atoms with Crippen LogP contribution in [0.1, 0.15) is 20.9 Å². The Kier molecular flexibility index (Phi) is 4.86. The Morgan fingerprint density at radius 1 is 1.04 bits per heavy atom. The number of furan rings is 1. The van der Waals surface area contributed by atoms with Crippen LogP contribution in [0.15, 0.2) is 65.1 Å². The molecular weight excluding hydrogens is 342 g/mol. The molecule has 0 bridgehead atoms. The molecule has 0 spiro atoms. The van der Waals surface area contributed by atoms with Crippen molar-refractivity contribution in [1.82, 2.24) is 0 Å². The highest BCUT2D eigenvalue weighted by Crippen LogP contribution is 2.25. The van der Waals surface area contributed by atoms with Crippen LogP contribution >= 0.6 is 11.6 Å². The van der Waals surface area contributed by atoms with Crippen LogP contribution in [0.2, 0.25) is 5.02 Å². The number of carbonyl (C=O) groups excluding carboxylic acids is 2. The van der Waals surface area contributed by atoms with Crippen molar-refractivity contribution in [2.24, 2.45) is 0 Å². The lowest BCUT2D eigenvalue weighted by atomic mass is 10.1. The minimum absolute atomic E-state index is 0.129. The molecule has 6 heteroatoms. The first-order valence-corrected chi connectivity index (χ1v) is 7.81. The molecule has 1 heterocycles. The van der Waals surface area contributed by atoms with Crippen LogP contribution in [0, 0.1) is 0 Å². The average molecular weight is 356 g/mol. The van der Waals surface area contributed by atoms with E-state index in [1.165, 1.54) is 19.2 Å². The highest BCUT2D eigenvalue weighted by atomic mass is 35.5. The SMILES string of the molecule is COC(=O)c1cc(Cl)ccc1NC(=O)c1ccc(-c2ccccc2)o1. The van der Waals surface area contributed by atoms with Gasteiger partial charge in [0.1, 0.15) is 5.76 Å². The molecule has 2 aromatic carbocycles. The minimum atomic E-state index is -0.595. The third-order valence-electron chi connectivity index (χ3n) is 3.52. The van der Waals surface area contributed by atoms with Gasteiger partial charge in [0, 0.05) is 10.6 Å². The number of hydrogen-bond acceptors (Lipinski definition) is 4. The zero-order valence-electron chi connectivity index (χ0n) is 13.3. The smallest absolute Gasteiger partial charge is 0.340 e. The molecular formula is C19H14ClNO4. The van der Waals surface area contributed by atoms with Gasteiger partial charge in [0.2, 0.25) is 0 Å². The van der Waals surface area contributed by atoms with Gasteiger partial charge in [0.05, 0.1) is 18.4 Å². The monoisotopic (exact) mass is 355 g/mol. The molecule has 0 aliphatic rings. The Morgan fingerprint density at radius 3 is 2.52 bits per heavy atom. The van der Waals surface area contributed by atoms with Crippen LogP contribution in [-0.4, -0.2) is 19.0 Å². The fourth-order valence-electron chi connectivity index (χ4n) is 2.31. The molecule has 3 aromatic rings. The number of carbonyl (C=O) groups is 2. The summed E-state index contributed by atoms with van der Waals surface area (Å²) in [5, 5.41) is 3.01. The van der Waals surface area contributed by atoms with Gasteiger partial charge in [-0.05, 0) is 30.3 Å². The zero-order chi connectivity index (χ0) is 17.8. The minimum Gasteiger partial charge on any atom is -0.465 e. The highest BCUT2D eigenvalue weighted by Gasteiger charge is 2.17. The Hall–Kier alpha value is -3.05. The number of hydrogen-bond donors (Lipinski definition) is 1. The van der Waals surface area contributed by atoms with Gasteiger partial charge in [-0.3, -0.25) is 4.79 Å². The molecule has 0 saturated heterocycles. The lowest BCUT2D eigenvalue weighted by Crippen LogP contribution is -2.14. The Bertz CT molecular complexity index is 918.